The molecule has 38 heavy (non-hydrogen) atoms. The van der Waals surface area contributed by atoms with Crippen LogP contribution in [0.4, 0.5) is 5.82 Å². The number of nitrogens with two attached hydrogens (primary N) is 1. The summed E-state index contributed by atoms with van der Waals surface area (Å²) in [5.41, 5.74) is 8.36. The fourth-order valence-corrected chi connectivity index (χ4v) is 4.97. The van der Waals surface area contributed by atoms with Gasteiger partial charge < -0.3 is 20.7 Å². The van der Waals surface area contributed by atoms with E-state index in [9.17, 15) is 9.59 Å². The van der Waals surface area contributed by atoms with Gasteiger partial charge in [-0.3, -0.25) is 14.5 Å². The van der Waals surface area contributed by atoms with Crippen LogP contribution in [0, 0.1) is 0 Å². The highest BCUT2D eigenvalue weighted by molar-refractivity contribution is 6.36. The molecule has 11 heteroatoms. The SMILES string of the molecule is CC(=O)N1CCN(CCNC(=O)c2cccc(-c3cnc(N)c(OC(C)c4c(Cl)cccc4Cl)n3)c2)CC1. The number of nitrogen functional groups attached to an aromatic ring is 1. The lowest BCUT2D eigenvalue weighted by Gasteiger charge is -2.34. The quantitative estimate of drug-likeness (QED) is 0.429. The van der Waals surface area contributed by atoms with Crippen molar-refractivity contribution in [3.05, 3.63) is 69.8 Å². The van der Waals surface area contributed by atoms with E-state index < -0.39 is 6.10 Å². The van der Waals surface area contributed by atoms with Gasteiger partial charge in [-0.1, -0.05) is 41.4 Å². The van der Waals surface area contributed by atoms with Crippen LogP contribution >= 0.6 is 23.2 Å². The van der Waals surface area contributed by atoms with E-state index in [0.717, 1.165) is 19.6 Å². The zero-order chi connectivity index (χ0) is 27.2. The van der Waals surface area contributed by atoms with Crippen molar-refractivity contribution in [3.8, 4) is 17.1 Å². The second kappa shape index (κ2) is 12.4. The Morgan fingerprint density at radius 1 is 1.11 bits per heavy atom. The van der Waals surface area contributed by atoms with Crippen molar-refractivity contribution >= 4 is 40.8 Å². The van der Waals surface area contributed by atoms with Crippen molar-refractivity contribution < 1.29 is 14.3 Å². The van der Waals surface area contributed by atoms with Crippen molar-refractivity contribution in [2.45, 2.75) is 20.0 Å². The molecule has 0 bridgehead atoms. The number of benzene rings is 2. The molecule has 1 saturated heterocycles. The molecule has 1 aromatic heterocycles. The summed E-state index contributed by atoms with van der Waals surface area (Å²) in [6.07, 6.45) is 1.01. The first-order valence-electron chi connectivity index (χ1n) is 12.3. The van der Waals surface area contributed by atoms with Crippen molar-refractivity contribution in [2.75, 3.05) is 45.0 Å². The number of piperazine rings is 1. The predicted molar refractivity (Wildman–Crippen MR) is 148 cm³/mol. The molecule has 0 radical (unpaired) electrons. The smallest absolute Gasteiger partial charge is 0.258 e. The van der Waals surface area contributed by atoms with Gasteiger partial charge in [-0.05, 0) is 31.2 Å². The fourth-order valence-electron chi connectivity index (χ4n) is 4.27. The molecule has 1 aliphatic heterocycles. The molecule has 200 valence electrons. The van der Waals surface area contributed by atoms with Gasteiger partial charge >= 0.3 is 0 Å². The standard InChI is InChI=1S/C27H30Cl2N6O3/c1-17(24-21(28)7-4-8-22(24)29)38-27-25(30)32-16-23(33-27)19-5-3-6-20(15-19)26(37)31-9-10-34-11-13-35(14-12-34)18(2)36/h3-8,15-17H,9-14H2,1-2H3,(H2,30,32)(H,31,37). The summed E-state index contributed by atoms with van der Waals surface area (Å²) in [5, 5.41) is 3.92. The maximum Gasteiger partial charge on any atom is 0.258 e. The van der Waals surface area contributed by atoms with Gasteiger partial charge in [0.15, 0.2) is 5.82 Å². The summed E-state index contributed by atoms with van der Waals surface area (Å²) in [6, 6.07) is 12.3. The van der Waals surface area contributed by atoms with Crippen molar-refractivity contribution in [2.24, 2.45) is 0 Å². The summed E-state index contributed by atoms with van der Waals surface area (Å²) in [4.78, 5) is 37.1. The van der Waals surface area contributed by atoms with Crippen molar-refractivity contribution in [3.63, 3.8) is 0 Å². The second-order valence-corrected chi connectivity index (χ2v) is 9.84. The van der Waals surface area contributed by atoms with E-state index >= 15 is 0 Å². The van der Waals surface area contributed by atoms with Gasteiger partial charge in [0.2, 0.25) is 5.91 Å². The molecule has 0 spiro atoms. The van der Waals surface area contributed by atoms with E-state index in [1.54, 1.807) is 50.2 Å². The highest BCUT2D eigenvalue weighted by Gasteiger charge is 2.20. The Balaban J connectivity index is 1.40. The first-order valence-corrected chi connectivity index (χ1v) is 13.1. The number of anilines is 1. The molecular weight excluding hydrogens is 527 g/mol. The van der Waals surface area contributed by atoms with Gasteiger partial charge in [0.1, 0.15) is 6.10 Å². The predicted octanol–water partition coefficient (Wildman–Crippen LogP) is 4.07. The third-order valence-electron chi connectivity index (χ3n) is 6.41. The first kappa shape index (κ1) is 27.6. The first-order chi connectivity index (χ1) is 18.2. The van der Waals surface area contributed by atoms with E-state index in [1.165, 1.54) is 6.20 Å². The van der Waals surface area contributed by atoms with Crippen LogP contribution in [0.15, 0.2) is 48.7 Å². The van der Waals surface area contributed by atoms with Crippen LogP contribution < -0.4 is 15.8 Å². The number of carbonyl (C=O) groups is 2. The summed E-state index contributed by atoms with van der Waals surface area (Å²) in [5.74, 6) is 0.186. The third-order valence-corrected chi connectivity index (χ3v) is 7.07. The lowest BCUT2D eigenvalue weighted by molar-refractivity contribution is -0.130. The lowest BCUT2D eigenvalue weighted by atomic mass is 10.1. The minimum atomic E-state index is -0.523. The van der Waals surface area contributed by atoms with Gasteiger partial charge in [-0.15, -0.1) is 0 Å². The summed E-state index contributed by atoms with van der Waals surface area (Å²) < 4.78 is 5.99. The average molecular weight is 557 g/mol. The Kier molecular flexibility index (Phi) is 9.04. The number of ether oxygens (including phenoxy) is 1. The Hall–Kier alpha value is -3.40. The molecular formula is C27H30Cl2N6O3. The summed E-state index contributed by atoms with van der Waals surface area (Å²) in [7, 11) is 0. The Labute approximate surface area is 231 Å². The van der Waals surface area contributed by atoms with Crippen molar-refractivity contribution in [1.29, 1.82) is 0 Å². The zero-order valence-corrected chi connectivity index (χ0v) is 22.8. The monoisotopic (exact) mass is 556 g/mol. The molecule has 2 amide bonds. The van der Waals surface area contributed by atoms with Crippen LogP contribution in [0.25, 0.3) is 11.3 Å². The Bertz CT molecular complexity index is 1290. The molecule has 1 fully saturated rings. The number of nitrogens with zero attached hydrogens (tertiary/aromatic N) is 4. The third kappa shape index (κ3) is 6.72. The van der Waals surface area contributed by atoms with Gasteiger partial charge in [0.25, 0.3) is 11.8 Å². The number of amides is 2. The number of rotatable bonds is 8. The number of halogens is 2. The number of carbonyl (C=O) groups excluding carboxylic acids is 2. The normalized spacial score (nSPS) is 14.7. The van der Waals surface area contributed by atoms with Crippen LogP contribution in [0.3, 0.4) is 0 Å². The van der Waals surface area contributed by atoms with Crippen molar-refractivity contribution in [1.82, 2.24) is 25.1 Å². The summed E-state index contributed by atoms with van der Waals surface area (Å²) >= 11 is 12.6. The van der Waals surface area contributed by atoms with Gasteiger partial charge in [-0.2, -0.15) is 0 Å². The van der Waals surface area contributed by atoms with Gasteiger partial charge in [0.05, 0.1) is 11.9 Å². The van der Waals surface area contributed by atoms with Gasteiger partial charge in [0, 0.05) is 72.9 Å². The van der Waals surface area contributed by atoms with E-state index in [4.69, 9.17) is 33.7 Å². The number of hydrogen-bond acceptors (Lipinski definition) is 7. The zero-order valence-electron chi connectivity index (χ0n) is 21.3. The maximum absolute atomic E-state index is 12.8. The Morgan fingerprint density at radius 3 is 2.47 bits per heavy atom. The van der Waals surface area contributed by atoms with Crippen LogP contribution in [0.2, 0.25) is 10.0 Å². The lowest BCUT2D eigenvalue weighted by Crippen LogP contribution is -2.49. The molecule has 0 saturated carbocycles. The molecule has 3 N–H and O–H groups in total. The summed E-state index contributed by atoms with van der Waals surface area (Å²) in [6.45, 7) is 7.63. The second-order valence-electron chi connectivity index (χ2n) is 9.03. The van der Waals surface area contributed by atoms with E-state index in [-0.39, 0.29) is 23.5 Å². The minimum absolute atomic E-state index is 0.0989. The van der Waals surface area contributed by atoms with Crippen LogP contribution in [-0.4, -0.2) is 70.9 Å². The number of nitrogens with one attached hydrogen (secondary N) is 1. The van der Waals surface area contributed by atoms with Gasteiger partial charge in [-0.25, -0.2) is 9.97 Å². The van der Waals surface area contributed by atoms with Crippen LogP contribution in [0.5, 0.6) is 5.88 Å². The topological polar surface area (TPSA) is 114 Å². The molecule has 0 aliphatic carbocycles. The largest absolute Gasteiger partial charge is 0.467 e. The van der Waals surface area contributed by atoms with E-state index in [0.29, 0.717) is 52.1 Å². The van der Waals surface area contributed by atoms with E-state index in [1.807, 2.05) is 11.0 Å². The molecule has 1 atom stereocenters. The fraction of sp³-hybridized carbons (Fsp3) is 0.333. The van der Waals surface area contributed by atoms with E-state index in [2.05, 4.69) is 20.2 Å². The van der Waals surface area contributed by atoms with Crippen LogP contribution in [0.1, 0.15) is 35.9 Å². The molecule has 9 nitrogen and oxygen atoms in total. The van der Waals surface area contributed by atoms with Crippen LogP contribution in [-0.2, 0) is 4.79 Å². The number of hydrogen-bond donors (Lipinski definition) is 2. The molecule has 2 heterocycles. The highest BCUT2D eigenvalue weighted by atomic mass is 35.5. The minimum Gasteiger partial charge on any atom is -0.467 e. The Morgan fingerprint density at radius 2 is 1.79 bits per heavy atom. The molecule has 1 aliphatic rings. The average Bonchev–Trinajstić information content (AvgIpc) is 2.90. The number of aromatic nitrogens is 2. The highest BCUT2D eigenvalue weighted by Crippen LogP contribution is 2.34. The maximum atomic E-state index is 12.8. The molecule has 3 aromatic rings. The molecule has 2 aromatic carbocycles. The molecule has 4 rings (SSSR count). The molecule has 1 unspecified atom stereocenters.